The predicted octanol–water partition coefficient (Wildman–Crippen LogP) is 3.18. The van der Waals surface area contributed by atoms with Gasteiger partial charge in [-0.3, -0.25) is 9.59 Å². The Kier molecular flexibility index (Phi) is 3.92. The van der Waals surface area contributed by atoms with Crippen LogP contribution in [0, 0.1) is 6.92 Å². The van der Waals surface area contributed by atoms with Crippen LogP contribution < -0.4 is 11.2 Å². The van der Waals surface area contributed by atoms with Gasteiger partial charge in [-0.15, -0.1) is 0 Å². The number of carbonyl (C=O) groups excluding carboxylic acids is 1. The van der Waals surface area contributed by atoms with Crippen molar-refractivity contribution in [3.63, 3.8) is 0 Å². The van der Waals surface area contributed by atoms with Crippen LogP contribution in [0.5, 0.6) is 0 Å². The highest BCUT2D eigenvalue weighted by molar-refractivity contribution is 6.30. The zero-order valence-corrected chi connectivity index (χ0v) is 13.3. The van der Waals surface area contributed by atoms with Gasteiger partial charge in [0.1, 0.15) is 5.56 Å². The first-order chi connectivity index (χ1) is 11.0. The number of carbonyl (C=O) groups is 1. The Morgan fingerprint density at radius 3 is 2.52 bits per heavy atom. The van der Waals surface area contributed by atoms with Gasteiger partial charge in [0.25, 0.3) is 5.91 Å². The maximum Gasteiger partial charge on any atom is 0.254 e. The highest BCUT2D eigenvalue weighted by Crippen LogP contribution is 2.17. The van der Waals surface area contributed by atoms with E-state index >= 15 is 0 Å². The maximum absolute atomic E-state index is 12.6. The van der Waals surface area contributed by atoms with Crippen molar-refractivity contribution >= 4 is 28.4 Å². The van der Waals surface area contributed by atoms with Gasteiger partial charge in [-0.1, -0.05) is 35.4 Å². The van der Waals surface area contributed by atoms with Crippen molar-refractivity contribution in [1.82, 2.24) is 4.98 Å². The highest BCUT2D eigenvalue weighted by atomic mass is 35.5. The molecule has 23 heavy (non-hydrogen) atoms. The van der Waals surface area contributed by atoms with Crippen molar-refractivity contribution in [2.75, 3.05) is 0 Å². The van der Waals surface area contributed by atoms with Crippen LogP contribution in [-0.2, 0) is 6.42 Å². The molecule has 0 radical (unpaired) electrons. The van der Waals surface area contributed by atoms with Crippen LogP contribution in [0.25, 0.3) is 10.9 Å². The largest absolute Gasteiger partial charge is 0.365 e. The SMILES string of the molecule is Cc1ccc2[nH]c(Cc3ccc(Cl)cc3)c(C(N)=O)c(=O)c2c1. The molecule has 0 aliphatic rings. The second kappa shape index (κ2) is 5.89. The number of benzene rings is 2. The lowest BCUT2D eigenvalue weighted by molar-refractivity contribution is 0.0998. The first-order valence-electron chi connectivity index (χ1n) is 7.15. The summed E-state index contributed by atoms with van der Waals surface area (Å²) in [7, 11) is 0. The average molecular weight is 327 g/mol. The standard InChI is InChI=1S/C18H15ClN2O2/c1-10-2-7-14-13(8-10)17(22)16(18(20)23)15(21-14)9-11-3-5-12(19)6-4-11/h2-8H,9H2,1H3,(H2,20,23)(H,21,22). The average Bonchev–Trinajstić information content (AvgIpc) is 2.50. The lowest BCUT2D eigenvalue weighted by Crippen LogP contribution is -2.25. The summed E-state index contributed by atoms with van der Waals surface area (Å²) in [5.74, 6) is -0.724. The molecule has 5 heteroatoms. The molecular weight excluding hydrogens is 312 g/mol. The monoisotopic (exact) mass is 326 g/mol. The number of halogens is 1. The summed E-state index contributed by atoms with van der Waals surface area (Å²) < 4.78 is 0. The van der Waals surface area contributed by atoms with Crippen molar-refractivity contribution < 1.29 is 4.79 Å². The van der Waals surface area contributed by atoms with Crippen LogP contribution in [-0.4, -0.2) is 10.9 Å². The Hall–Kier alpha value is -2.59. The minimum absolute atomic E-state index is 0.0121. The molecule has 3 N–H and O–H groups in total. The Morgan fingerprint density at radius 2 is 1.87 bits per heavy atom. The number of hydrogen-bond acceptors (Lipinski definition) is 2. The molecule has 0 aliphatic heterocycles. The molecule has 1 aromatic heterocycles. The number of aromatic amines is 1. The van der Waals surface area contributed by atoms with Gasteiger partial charge in [0.15, 0.2) is 0 Å². The van der Waals surface area contributed by atoms with Crippen LogP contribution in [0.15, 0.2) is 47.3 Å². The van der Waals surface area contributed by atoms with Gasteiger partial charge < -0.3 is 10.7 Å². The highest BCUT2D eigenvalue weighted by Gasteiger charge is 2.17. The van der Waals surface area contributed by atoms with Crippen molar-refractivity contribution in [3.05, 3.63) is 80.1 Å². The van der Waals surface area contributed by atoms with E-state index in [2.05, 4.69) is 4.98 Å². The van der Waals surface area contributed by atoms with Crippen molar-refractivity contribution in [1.29, 1.82) is 0 Å². The minimum Gasteiger partial charge on any atom is -0.365 e. The first kappa shape index (κ1) is 15.3. The molecule has 0 saturated carbocycles. The molecule has 1 amide bonds. The van der Waals surface area contributed by atoms with Crippen molar-refractivity contribution in [3.8, 4) is 0 Å². The fourth-order valence-corrected chi connectivity index (χ4v) is 2.78. The zero-order chi connectivity index (χ0) is 16.6. The van der Waals surface area contributed by atoms with E-state index in [4.69, 9.17) is 17.3 Å². The molecule has 4 nitrogen and oxygen atoms in total. The van der Waals surface area contributed by atoms with E-state index < -0.39 is 5.91 Å². The zero-order valence-electron chi connectivity index (χ0n) is 12.5. The molecule has 0 spiro atoms. The molecule has 2 aromatic carbocycles. The van der Waals surface area contributed by atoms with E-state index in [1.807, 2.05) is 31.2 Å². The summed E-state index contributed by atoms with van der Waals surface area (Å²) >= 11 is 5.88. The Labute approximate surface area is 137 Å². The second-order valence-electron chi connectivity index (χ2n) is 5.52. The number of rotatable bonds is 3. The fraction of sp³-hybridized carbons (Fsp3) is 0.111. The van der Waals surface area contributed by atoms with Gasteiger partial charge in [0.05, 0.1) is 0 Å². The van der Waals surface area contributed by atoms with Gasteiger partial charge in [-0.05, 0) is 36.8 Å². The van der Waals surface area contributed by atoms with Crippen molar-refractivity contribution in [2.24, 2.45) is 5.73 Å². The summed E-state index contributed by atoms with van der Waals surface area (Å²) in [6.45, 7) is 1.89. The number of primary amides is 1. The number of aromatic nitrogens is 1. The smallest absolute Gasteiger partial charge is 0.254 e. The Bertz CT molecular complexity index is 959. The number of amides is 1. The molecule has 116 valence electrons. The molecule has 1 heterocycles. The summed E-state index contributed by atoms with van der Waals surface area (Å²) in [4.78, 5) is 27.6. The minimum atomic E-state index is -0.724. The van der Waals surface area contributed by atoms with Gasteiger partial charge in [-0.2, -0.15) is 0 Å². The van der Waals surface area contributed by atoms with E-state index in [9.17, 15) is 9.59 Å². The Morgan fingerprint density at radius 1 is 1.17 bits per heavy atom. The van der Waals surface area contributed by atoms with E-state index in [1.165, 1.54) is 0 Å². The van der Waals surface area contributed by atoms with Crippen LogP contribution in [0.4, 0.5) is 0 Å². The van der Waals surface area contributed by atoms with Gasteiger partial charge in [-0.25, -0.2) is 0 Å². The molecule has 0 fully saturated rings. The number of aryl methyl sites for hydroxylation is 1. The van der Waals surface area contributed by atoms with E-state index in [-0.39, 0.29) is 11.0 Å². The summed E-state index contributed by atoms with van der Waals surface area (Å²) in [5.41, 5.74) is 8.20. The lowest BCUT2D eigenvalue weighted by atomic mass is 10.0. The third-order valence-corrected chi connectivity index (χ3v) is 4.03. The third-order valence-electron chi connectivity index (χ3n) is 3.77. The Balaban J connectivity index is 2.20. The third kappa shape index (κ3) is 2.98. The predicted molar refractivity (Wildman–Crippen MR) is 92.1 cm³/mol. The van der Waals surface area contributed by atoms with E-state index in [0.717, 1.165) is 11.1 Å². The van der Waals surface area contributed by atoms with E-state index in [0.29, 0.717) is 28.0 Å². The van der Waals surface area contributed by atoms with Crippen LogP contribution in [0.3, 0.4) is 0 Å². The number of pyridine rings is 1. The van der Waals surface area contributed by atoms with Gasteiger partial charge >= 0.3 is 0 Å². The molecular formula is C18H15ClN2O2. The summed E-state index contributed by atoms with van der Waals surface area (Å²) in [6.07, 6.45) is 0.397. The maximum atomic E-state index is 12.6. The second-order valence-corrected chi connectivity index (χ2v) is 5.96. The quantitative estimate of drug-likeness (QED) is 0.775. The molecule has 0 unspecified atom stereocenters. The van der Waals surface area contributed by atoms with Gasteiger partial charge in [0, 0.05) is 28.0 Å². The molecule has 0 aliphatic carbocycles. The lowest BCUT2D eigenvalue weighted by Gasteiger charge is -2.10. The topological polar surface area (TPSA) is 76.0 Å². The molecule has 3 rings (SSSR count). The van der Waals surface area contributed by atoms with E-state index in [1.54, 1.807) is 18.2 Å². The molecule has 0 atom stereocenters. The van der Waals surface area contributed by atoms with Crippen LogP contribution in [0.2, 0.25) is 5.02 Å². The molecule has 3 aromatic rings. The number of fused-ring (bicyclic) bond motifs is 1. The van der Waals surface area contributed by atoms with Crippen LogP contribution in [0.1, 0.15) is 27.2 Å². The number of nitrogens with one attached hydrogen (secondary N) is 1. The number of hydrogen-bond donors (Lipinski definition) is 2. The van der Waals surface area contributed by atoms with Crippen LogP contribution >= 0.6 is 11.6 Å². The number of nitrogens with two attached hydrogens (primary N) is 1. The fourth-order valence-electron chi connectivity index (χ4n) is 2.65. The summed E-state index contributed by atoms with van der Waals surface area (Å²) in [6, 6.07) is 12.7. The first-order valence-corrected chi connectivity index (χ1v) is 7.53. The number of H-pyrrole nitrogens is 1. The molecule has 0 saturated heterocycles. The normalized spacial score (nSPS) is 10.9. The summed E-state index contributed by atoms with van der Waals surface area (Å²) in [5, 5.41) is 1.10. The molecule has 0 bridgehead atoms. The van der Waals surface area contributed by atoms with Gasteiger partial charge in [0.2, 0.25) is 5.43 Å². The van der Waals surface area contributed by atoms with Crippen molar-refractivity contribution in [2.45, 2.75) is 13.3 Å².